The minimum Gasteiger partial charge on any atom is -0.370 e. The van der Waals surface area contributed by atoms with E-state index in [9.17, 15) is 4.79 Å². The Kier molecular flexibility index (Phi) is 4.88. The zero-order chi connectivity index (χ0) is 11.3. The second-order valence-corrected chi connectivity index (χ2v) is 3.89. The molecule has 0 aliphatic rings. The van der Waals surface area contributed by atoms with Crippen LogP contribution in [-0.2, 0) is 11.3 Å². The molecule has 0 heterocycles. The first kappa shape index (κ1) is 12.3. The van der Waals surface area contributed by atoms with E-state index in [2.05, 4.69) is 5.32 Å². The van der Waals surface area contributed by atoms with Gasteiger partial charge in [-0.25, -0.2) is 0 Å². The van der Waals surface area contributed by atoms with Gasteiger partial charge in [0.2, 0.25) is 5.91 Å². The molecule has 82 valence electrons. The number of primary amides is 1. The molecule has 1 aromatic carbocycles. The summed E-state index contributed by atoms with van der Waals surface area (Å²) >= 11 is 11.8. The Morgan fingerprint density at radius 3 is 2.80 bits per heavy atom. The lowest BCUT2D eigenvalue weighted by Gasteiger charge is -2.06. The molecule has 0 spiro atoms. The Morgan fingerprint density at radius 2 is 2.13 bits per heavy atom. The van der Waals surface area contributed by atoms with Crippen molar-refractivity contribution in [2.45, 2.75) is 13.0 Å². The van der Waals surface area contributed by atoms with Crippen molar-refractivity contribution in [2.24, 2.45) is 5.73 Å². The third-order valence-corrected chi connectivity index (χ3v) is 2.75. The number of hydrogen-bond acceptors (Lipinski definition) is 2. The topological polar surface area (TPSA) is 55.1 Å². The maximum atomic E-state index is 10.5. The van der Waals surface area contributed by atoms with Crippen LogP contribution >= 0.6 is 23.2 Å². The molecule has 0 atom stereocenters. The highest BCUT2D eigenvalue weighted by Gasteiger charge is 2.03. The normalized spacial score (nSPS) is 10.3. The molecule has 1 amide bonds. The Balaban J connectivity index is 2.44. The Bertz CT molecular complexity index is 355. The van der Waals surface area contributed by atoms with E-state index in [0.29, 0.717) is 29.6 Å². The van der Waals surface area contributed by atoms with Gasteiger partial charge in [0.05, 0.1) is 10.0 Å². The molecule has 1 aromatic rings. The number of carbonyl (C=O) groups is 1. The van der Waals surface area contributed by atoms with Crippen LogP contribution in [0.2, 0.25) is 10.0 Å². The molecule has 0 radical (unpaired) electrons. The summed E-state index contributed by atoms with van der Waals surface area (Å²) in [6.45, 7) is 1.12. The van der Waals surface area contributed by atoms with E-state index in [1.165, 1.54) is 0 Å². The predicted molar refractivity (Wildman–Crippen MR) is 62.0 cm³/mol. The molecule has 15 heavy (non-hydrogen) atoms. The lowest BCUT2D eigenvalue weighted by Crippen LogP contribution is -2.21. The number of hydrogen-bond donors (Lipinski definition) is 2. The molecule has 0 saturated carbocycles. The molecule has 0 aliphatic carbocycles. The van der Waals surface area contributed by atoms with Gasteiger partial charge in [-0.1, -0.05) is 35.3 Å². The second kappa shape index (κ2) is 5.95. The van der Waals surface area contributed by atoms with Crippen molar-refractivity contribution in [1.29, 1.82) is 0 Å². The Labute approximate surface area is 98.5 Å². The number of halogens is 2. The fraction of sp³-hybridized carbons (Fsp3) is 0.300. The summed E-state index contributed by atoms with van der Waals surface area (Å²) in [6.07, 6.45) is 0.318. The third-order valence-electron chi connectivity index (χ3n) is 1.90. The molecule has 0 fully saturated rings. The molecule has 0 unspecified atom stereocenters. The van der Waals surface area contributed by atoms with Gasteiger partial charge in [0.25, 0.3) is 0 Å². The maximum Gasteiger partial charge on any atom is 0.218 e. The number of amides is 1. The highest BCUT2D eigenvalue weighted by Crippen LogP contribution is 2.25. The SMILES string of the molecule is NC(=O)CCNCc1cccc(Cl)c1Cl. The minimum absolute atomic E-state index is 0.318. The zero-order valence-electron chi connectivity index (χ0n) is 8.09. The van der Waals surface area contributed by atoms with Crippen LogP contribution in [0.4, 0.5) is 0 Å². The minimum atomic E-state index is -0.320. The van der Waals surface area contributed by atoms with E-state index in [-0.39, 0.29) is 5.91 Å². The van der Waals surface area contributed by atoms with Crippen molar-refractivity contribution < 1.29 is 4.79 Å². The van der Waals surface area contributed by atoms with E-state index in [4.69, 9.17) is 28.9 Å². The fourth-order valence-electron chi connectivity index (χ4n) is 1.12. The summed E-state index contributed by atoms with van der Waals surface area (Å²) in [5.74, 6) is -0.320. The van der Waals surface area contributed by atoms with E-state index in [1.807, 2.05) is 12.1 Å². The largest absolute Gasteiger partial charge is 0.370 e. The molecule has 1 rings (SSSR count). The molecule has 0 aromatic heterocycles. The highest BCUT2D eigenvalue weighted by atomic mass is 35.5. The third kappa shape index (κ3) is 4.08. The van der Waals surface area contributed by atoms with Gasteiger partial charge >= 0.3 is 0 Å². The summed E-state index contributed by atoms with van der Waals surface area (Å²) in [5.41, 5.74) is 5.91. The van der Waals surface area contributed by atoms with Gasteiger partial charge in [-0.05, 0) is 11.6 Å². The van der Waals surface area contributed by atoms with Crippen LogP contribution in [-0.4, -0.2) is 12.5 Å². The van der Waals surface area contributed by atoms with Crippen LogP contribution < -0.4 is 11.1 Å². The van der Waals surface area contributed by atoms with E-state index < -0.39 is 0 Å². The van der Waals surface area contributed by atoms with Crippen molar-refractivity contribution >= 4 is 29.1 Å². The van der Waals surface area contributed by atoms with Crippen LogP contribution in [0.25, 0.3) is 0 Å². The molecule has 3 N–H and O–H groups in total. The van der Waals surface area contributed by atoms with Crippen LogP contribution in [0.3, 0.4) is 0 Å². The molecule has 0 saturated heterocycles. The number of carbonyl (C=O) groups excluding carboxylic acids is 1. The van der Waals surface area contributed by atoms with E-state index in [0.717, 1.165) is 5.56 Å². The lowest BCUT2D eigenvalue weighted by molar-refractivity contribution is -0.117. The predicted octanol–water partition coefficient (Wildman–Crippen LogP) is 1.96. The molecule has 3 nitrogen and oxygen atoms in total. The summed E-state index contributed by atoms with van der Waals surface area (Å²) < 4.78 is 0. The first-order valence-electron chi connectivity index (χ1n) is 4.53. The van der Waals surface area contributed by atoms with Gasteiger partial charge in [-0.3, -0.25) is 4.79 Å². The van der Waals surface area contributed by atoms with Crippen LogP contribution in [0.1, 0.15) is 12.0 Å². The van der Waals surface area contributed by atoms with Crippen molar-refractivity contribution in [1.82, 2.24) is 5.32 Å². The van der Waals surface area contributed by atoms with Gasteiger partial charge in [-0.2, -0.15) is 0 Å². The number of nitrogens with two attached hydrogens (primary N) is 1. The maximum absolute atomic E-state index is 10.5. The van der Waals surface area contributed by atoms with Crippen LogP contribution in [0, 0.1) is 0 Å². The average Bonchev–Trinajstić information content (AvgIpc) is 2.18. The van der Waals surface area contributed by atoms with Gasteiger partial charge in [-0.15, -0.1) is 0 Å². The Morgan fingerprint density at radius 1 is 1.40 bits per heavy atom. The van der Waals surface area contributed by atoms with Crippen molar-refractivity contribution in [2.75, 3.05) is 6.54 Å². The summed E-state index contributed by atoms with van der Waals surface area (Å²) in [4.78, 5) is 10.5. The smallest absolute Gasteiger partial charge is 0.218 e. The number of nitrogens with one attached hydrogen (secondary N) is 1. The molecular weight excluding hydrogens is 235 g/mol. The number of rotatable bonds is 5. The standard InChI is InChI=1S/C10H12Cl2N2O/c11-8-3-1-2-7(10(8)12)6-14-5-4-9(13)15/h1-3,14H,4-6H2,(H2,13,15). The van der Waals surface area contributed by atoms with E-state index in [1.54, 1.807) is 6.07 Å². The molecule has 5 heteroatoms. The van der Waals surface area contributed by atoms with Crippen LogP contribution in [0.15, 0.2) is 18.2 Å². The van der Waals surface area contributed by atoms with Crippen molar-refractivity contribution in [3.05, 3.63) is 33.8 Å². The van der Waals surface area contributed by atoms with Gasteiger partial charge < -0.3 is 11.1 Å². The first-order chi connectivity index (χ1) is 7.11. The first-order valence-corrected chi connectivity index (χ1v) is 5.28. The summed E-state index contributed by atoms with van der Waals surface area (Å²) in [7, 11) is 0. The van der Waals surface area contributed by atoms with E-state index >= 15 is 0 Å². The molecule has 0 bridgehead atoms. The summed E-state index contributed by atoms with van der Waals surface area (Å²) in [6, 6.07) is 5.45. The Hall–Kier alpha value is -0.770. The molecule has 0 aliphatic heterocycles. The zero-order valence-corrected chi connectivity index (χ0v) is 9.61. The van der Waals surface area contributed by atoms with Gasteiger partial charge in [0.1, 0.15) is 0 Å². The second-order valence-electron chi connectivity index (χ2n) is 3.11. The quantitative estimate of drug-likeness (QED) is 0.781. The summed E-state index contributed by atoms with van der Waals surface area (Å²) in [5, 5.41) is 4.14. The van der Waals surface area contributed by atoms with Gasteiger partial charge in [0, 0.05) is 19.5 Å². The number of benzene rings is 1. The van der Waals surface area contributed by atoms with Crippen molar-refractivity contribution in [3.8, 4) is 0 Å². The average molecular weight is 247 g/mol. The fourth-order valence-corrected chi connectivity index (χ4v) is 1.51. The van der Waals surface area contributed by atoms with Gasteiger partial charge in [0.15, 0.2) is 0 Å². The molecular formula is C10H12Cl2N2O. The van der Waals surface area contributed by atoms with Crippen molar-refractivity contribution in [3.63, 3.8) is 0 Å². The van der Waals surface area contributed by atoms with Crippen LogP contribution in [0.5, 0.6) is 0 Å². The highest BCUT2D eigenvalue weighted by molar-refractivity contribution is 6.42. The lowest BCUT2D eigenvalue weighted by atomic mass is 10.2. The monoisotopic (exact) mass is 246 g/mol.